The number of carboxylic acids is 1. The molecule has 1 saturated carbocycles. The number of nitrogens with one attached hydrogen (secondary N) is 1. The molecule has 0 spiro atoms. The van der Waals surface area contributed by atoms with Crippen molar-refractivity contribution in [3.8, 4) is 0 Å². The van der Waals surface area contributed by atoms with Gasteiger partial charge in [-0.15, -0.1) is 0 Å². The van der Waals surface area contributed by atoms with E-state index < -0.39 is 11.9 Å². The first kappa shape index (κ1) is 15.5. The highest BCUT2D eigenvalue weighted by atomic mass is 16.5. The average Bonchev–Trinajstić information content (AvgIpc) is 3.24. The van der Waals surface area contributed by atoms with Crippen molar-refractivity contribution in [3.05, 3.63) is 35.9 Å². The second-order valence-corrected chi connectivity index (χ2v) is 5.31. The van der Waals surface area contributed by atoms with Crippen LogP contribution in [-0.2, 0) is 20.7 Å². The Labute approximate surface area is 124 Å². The predicted molar refractivity (Wildman–Crippen MR) is 77.8 cm³/mol. The Balaban J connectivity index is 1.81. The van der Waals surface area contributed by atoms with Gasteiger partial charge in [-0.05, 0) is 25.3 Å². The molecular formula is C16H21NO4. The number of hydrogen-bond acceptors (Lipinski definition) is 3. The van der Waals surface area contributed by atoms with Gasteiger partial charge in [0.25, 0.3) is 0 Å². The van der Waals surface area contributed by atoms with Gasteiger partial charge < -0.3 is 15.2 Å². The van der Waals surface area contributed by atoms with Gasteiger partial charge in [0.2, 0.25) is 5.91 Å². The number of carbonyl (C=O) groups excluding carboxylic acids is 1. The van der Waals surface area contributed by atoms with E-state index in [9.17, 15) is 14.7 Å². The van der Waals surface area contributed by atoms with Gasteiger partial charge in [0.05, 0.1) is 17.9 Å². The molecule has 2 N–H and O–H groups in total. The maximum absolute atomic E-state index is 11.9. The highest BCUT2D eigenvalue weighted by Crippen LogP contribution is 2.33. The largest absolute Gasteiger partial charge is 0.481 e. The summed E-state index contributed by atoms with van der Waals surface area (Å²) in [6, 6.07) is 9.43. The molecule has 3 atom stereocenters. The van der Waals surface area contributed by atoms with Gasteiger partial charge in [0, 0.05) is 13.2 Å². The van der Waals surface area contributed by atoms with Gasteiger partial charge in [-0.25, -0.2) is 0 Å². The number of benzene rings is 1. The standard InChI is InChI=1S/C16H21NO4/c1-2-21-14-9-13(14)15(18)17-10-12(16(19)20)8-11-6-4-3-5-7-11/h3-7,12-14H,2,8-10H2,1H3,(H,17,18)(H,19,20). The van der Waals surface area contributed by atoms with Crippen LogP contribution in [0, 0.1) is 11.8 Å². The zero-order chi connectivity index (χ0) is 15.2. The molecule has 0 heterocycles. The molecule has 5 nitrogen and oxygen atoms in total. The lowest BCUT2D eigenvalue weighted by Gasteiger charge is -2.13. The van der Waals surface area contributed by atoms with Crippen LogP contribution in [0.25, 0.3) is 0 Å². The van der Waals surface area contributed by atoms with Crippen molar-refractivity contribution in [1.29, 1.82) is 0 Å². The third-order valence-corrected chi connectivity index (χ3v) is 3.65. The lowest BCUT2D eigenvalue weighted by atomic mass is 9.99. The summed E-state index contributed by atoms with van der Waals surface area (Å²) in [7, 11) is 0. The van der Waals surface area contributed by atoms with Crippen molar-refractivity contribution < 1.29 is 19.4 Å². The zero-order valence-corrected chi connectivity index (χ0v) is 12.1. The van der Waals surface area contributed by atoms with E-state index in [1.165, 1.54) is 0 Å². The summed E-state index contributed by atoms with van der Waals surface area (Å²) in [5.41, 5.74) is 0.956. The van der Waals surface area contributed by atoms with Crippen LogP contribution in [0.2, 0.25) is 0 Å². The maximum atomic E-state index is 11.9. The van der Waals surface area contributed by atoms with Crippen molar-refractivity contribution in [2.24, 2.45) is 11.8 Å². The zero-order valence-electron chi connectivity index (χ0n) is 12.1. The Morgan fingerprint density at radius 2 is 2.10 bits per heavy atom. The van der Waals surface area contributed by atoms with E-state index in [-0.39, 0.29) is 24.5 Å². The Bertz CT molecular complexity index is 488. The molecule has 3 unspecified atom stereocenters. The number of rotatable bonds is 8. The second-order valence-electron chi connectivity index (χ2n) is 5.31. The Kier molecular flexibility index (Phi) is 5.33. The summed E-state index contributed by atoms with van der Waals surface area (Å²) < 4.78 is 5.36. The minimum atomic E-state index is -0.892. The molecule has 2 rings (SSSR count). The first-order chi connectivity index (χ1) is 10.1. The van der Waals surface area contributed by atoms with Crippen LogP contribution in [0.5, 0.6) is 0 Å². The molecule has 0 aliphatic heterocycles. The third-order valence-electron chi connectivity index (χ3n) is 3.65. The molecule has 21 heavy (non-hydrogen) atoms. The van der Waals surface area contributed by atoms with Crippen LogP contribution in [0.3, 0.4) is 0 Å². The van der Waals surface area contributed by atoms with Crippen LogP contribution in [0.4, 0.5) is 0 Å². The summed E-state index contributed by atoms with van der Waals surface area (Å²) in [6.45, 7) is 2.65. The average molecular weight is 291 g/mol. The molecule has 114 valence electrons. The summed E-state index contributed by atoms with van der Waals surface area (Å²) in [5, 5.41) is 12.0. The fraction of sp³-hybridized carbons (Fsp3) is 0.500. The number of aliphatic carboxylic acids is 1. The van der Waals surface area contributed by atoms with E-state index in [0.717, 1.165) is 12.0 Å². The molecule has 1 aliphatic rings. The minimum absolute atomic E-state index is 0.00685. The van der Waals surface area contributed by atoms with Crippen LogP contribution < -0.4 is 5.32 Å². The highest BCUT2D eigenvalue weighted by molar-refractivity contribution is 5.82. The van der Waals surface area contributed by atoms with E-state index in [4.69, 9.17) is 4.74 Å². The van der Waals surface area contributed by atoms with Crippen molar-refractivity contribution in [2.75, 3.05) is 13.2 Å². The van der Waals surface area contributed by atoms with Gasteiger partial charge in [0.1, 0.15) is 0 Å². The smallest absolute Gasteiger partial charge is 0.308 e. The van der Waals surface area contributed by atoms with Gasteiger partial charge in [0.15, 0.2) is 0 Å². The quantitative estimate of drug-likeness (QED) is 0.760. The molecule has 1 amide bonds. The Hall–Kier alpha value is -1.88. The molecule has 1 aromatic rings. The number of carbonyl (C=O) groups is 2. The minimum Gasteiger partial charge on any atom is -0.481 e. The lowest BCUT2D eigenvalue weighted by Crippen LogP contribution is -2.35. The third kappa shape index (κ3) is 4.56. The van der Waals surface area contributed by atoms with E-state index >= 15 is 0 Å². The topological polar surface area (TPSA) is 75.6 Å². The van der Waals surface area contributed by atoms with Crippen molar-refractivity contribution >= 4 is 11.9 Å². The van der Waals surface area contributed by atoms with E-state index in [1.807, 2.05) is 37.3 Å². The SMILES string of the molecule is CCOC1CC1C(=O)NCC(Cc1ccccc1)C(=O)O. The van der Waals surface area contributed by atoms with Gasteiger partial charge in [-0.2, -0.15) is 0 Å². The number of carboxylic acid groups (broad SMARTS) is 1. The lowest BCUT2D eigenvalue weighted by molar-refractivity contribution is -0.141. The maximum Gasteiger partial charge on any atom is 0.308 e. The summed E-state index contributed by atoms with van der Waals surface area (Å²) in [4.78, 5) is 23.2. The second kappa shape index (κ2) is 7.22. The van der Waals surface area contributed by atoms with Crippen LogP contribution in [0.1, 0.15) is 18.9 Å². The molecule has 0 bridgehead atoms. The summed E-state index contributed by atoms with van der Waals surface area (Å²) >= 11 is 0. The van der Waals surface area contributed by atoms with Gasteiger partial charge >= 0.3 is 5.97 Å². The first-order valence-corrected chi connectivity index (χ1v) is 7.27. The molecule has 0 saturated heterocycles. The Morgan fingerprint density at radius 1 is 1.38 bits per heavy atom. The van der Waals surface area contributed by atoms with Crippen molar-refractivity contribution in [3.63, 3.8) is 0 Å². The number of ether oxygens (including phenoxy) is 1. The first-order valence-electron chi connectivity index (χ1n) is 7.27. The molecule has 0 radical (unpaired) electrons. The van der Waals surface area contributed by atoms with Crippen LogP contribution >= 0.6 is 0 Å². The molecule has 1 aliphatic carbocycles. The molecule has 5 heteroatoms. The molecular weight excluding hydrogens is 270 g/mol. The van der Waals surface area contributed by atoms with Gasteiger partial charge in [-0.3, -0.25) is 9.59 Å². The van der Waals surface area contributed by atoms with Gasteiger partial charge in [-0.1, -0.05) is 30.3 Å². The fourth-order valence-electron chi connectivity index (χ4n) is 2.35. The van der Waals surface area contributed by atoms with Crippen molar-refractivity contribution in [2.45, 2.75) is 25.9 Å². The number of hydrogen-bond donors (Lipinski definition) is 2. The Morgan fingerprint density at radius 3 is 2.71 bits per heavy atom. The predicted octanol–water partition coefficient (Wildman–Crippen LogP) is 1.47. The van der Waals surface area contributed by atoms with Crippen molar-refractivity contribution in [1.82, 2.24) is 5.32 Å². The molecule has 1 fully saturated rings. The van der Waals surface area contributed by atoms with E-state index in [0.29, 0.717) is 13.0 Å². The molecule has 1 aromatic carbocycles. The number of amides is 1. The summed E-state index contributed by atoms with van der Waals surface area (Å²) in [6.07, 6.45) is 1.15. The molecule has 0 aromatic heterocycles. The monoisotopic (exact) mass is 291 g/mol. The van der Waals surface area contributed by atoms with E-state index in [1.54, 1.807) is 0 Å². The highest BCUT2D eigenvalue weighted by Gasteiger charge is 2.44. The normalized spacial score (nSPS) is 21.6. The van der Waals surface area contributed by atoms with Crippen LogP contribution in [-0.4, -0.2) is 36.2 Å². The summed E-state index contributed by atoms with van der Waals surface area (Å²) in [5.74, 6) is -1.72. The van der Waals surface area contributed by atoms with E-state index in [2.05, 4.69) is 5.32 Å². The van der Waals surface area contributed by atoms with Crippen LogP contribution in [0.15, 0.2) is 30.3 Å². The fourth-order valence-corrected chi connectivity index (χ4v) is 2.35.